The first-order valence-corrected chi connectivity index (χ1v) is 6.16. The van der Waals surface area contributed by atoms with Crippen LogP contribution in [0, 0.1) is 17.2 Å². The summed E-state index contributed by atoms with van der Waals surface area (Å²) in [6, 6.07) is 14.6. The largest absolute Gasteiger partial charge is 0.405 e. The molecule has 1 unspecified atom stereocenters. The first-order valence-electron chi connectivity index (χ1n) is 6.16. The quantitative estimate of drug-likeness (QED) is 0.927. The van der Waals surface area contributed by atoms with E-state index in [0.29, 0.717) is 6.54 Å². The highest BCUT2D eigenvalue weighted by Crippen LogP contribution is 2.25. The van der Waals surface area contributed by atoms with Gasteiger partial charge >= 0.3 is 6.18 Å². The molecule has 0 spiro atoms. The van der Waals surface area contributed by atoms with Crippen molar-refractivity contribution in [2.45, 2.75) is 12.7 Å². The Bertz CT molecular complexity index is 624. The molecule has 0 aliphatic carbocycles. The fourth-order valence-corrected chi connectivity index (χ4v) is 2.03. The minimum absolute atomic E-state index is 0.301. The zero-order chi connectivity index (χ0) is 14.6. The molecule has 0 amide bonds. The maximum atomic E-state index is 12.4. The summed E-state index contributed by atoms with van der Waals surface area (Å²) in [5.41, 5.74) is 0.918. The van der Waals surface area contributed by atoms with Crippen LogP contribution in [-0.2, 0) is 6.54 Å². The highest BCUT2D eigenvalue weighted by atomic mass is 19.4. The predicted molar refractivity (Wildman–Crippen MR) is 70.8 cm³/mol. The van der Waals surface area contributed by atoms with Crippen LogP contribution in [0.25, 0.3) is 10.8 Å². The number of rotatable bonds is 4. The third kappa shape index (κ3) is 3.28. The lowest BCUT2D eigenvalue weighted by Gasteiger charge is -2.14. The Hall–Kier alpha value is -2.06. The van der Waals surface area contributed by atoms with Gasteiger partial charge in [-0.05, 0) is 16.3 Å². The van der Waals surface area contributed by atoms with E-state index in [2.05, 4.69) is 5.32 Å². The van der Waals surface area contributed by atoms with E-state index in [1.807, 2.05) is 42.5 Å². The molecular formula is C15H13F3N2. The van der Waals surface area contributed by atoms with Gasteiger partial charge in [0, 0.05) is 13.1 Å². The van der Waals surface area contributed by atoms with Gasteiger partial charge in [0.15, 0.2) is 5.92 Å². The molecule has 2 aromatic carbocycles. The van der Waals surface area contributed by atoms with Crippen LogP contribution in [-0.4, -0.2) is 12.7 Å². The van der Waals surface area contributed by atoms with E-state index >= 15 is 0 Å². The van der Waals surface area contributed by atoms with Crippen molar-refractivity contribution in [2.24, 2.45) is 5.92 Å². The highest BCUT2D eigenvalue weighted by Gasteiger charge is 2.39. The van der Waals surface area contributed by atoms with Gasteiger partial charge in [-0.15, -0.1) is 0 Å². The number of fused-ring (bicyclic) bond motifs is 1. The summed E-state index contributed by atoms with van der Waals surface area (Å²) in [6.45, 7) is -0.0984. The third-order valence-electron chi connectivity index (χ3n) is 3.09. The van der Waals surface area contributed by atoms with Gasteiger partial charge in [0.25, 0.3) is 0 Å². The Kier molecular flexibility index (Phi) is 4.26. The zero-order valence-corrected chi connectivity index (χ0v) is 10.6. The molecule has 1 atom stereocenters. The van der Waals surface area contributed by atoms with Crippen molar-refractivity contribution >= 4 is 10.8 Å². The molecule has 20 heavy (non-hydrogen) atoms. The molecule has 0 heterocycles. The van der Waals surface area contributed by atoms with E-state index in [0.717, 1.165) is 16.3 Å². The average Bonchev–Trinajstić information content (AvgIpc) is 2.42. The molecular weight excluding hydrogens is 265 g/mol. The van der Waals surface area contributed by atoms with E-state index in [4.69, 9.17) is 5.26 Å². The van der Waals surface area contributed by atoms with Crippen LogP contribution in [0.2, 0.25) is 0 Å². The molecule has 1 N–H and O–H groups in total. The second-order valence-corrected chi connectivity index (χ2v) is 4.49. The van der Waals surface area contributed by atoms with Gasteiger partial charge in [-0.2, -0.15) is 18.4 Å². The minimum Gasteiger partial charge on any atom is -0.311 e. The predicted octanol–water partition coefficient (Wildman–Crippen LogP) is 3.63. The average molecular weight is 278 g/mol. The molecule has 0 saturated heterocycles. The Labute approximate surface area is 114 Å². The van der Waals surface area contributed by atoms with Crippen LogP contribution < -0.4 is 5.32 Å². The first kappa shape index (κ1) is 14.4. The van der Waals surface area contributed by atoms with Crippen molar-refractivity contribution < 1.29 is 13.2 Å². The zero-order valence-electron chi connectivity index (χ0n) is 10.6. The number of benzene rings is 2. The van der Waals surface area contributed by atoms with Crippen LogP contribution in [0.1, 0.15) is 5.56 Å². The Morgan fingerprint density at radius 1 is 1.10 bits per heavy atom. The van der Waals surface area contributed by atoms with Crippen molar-refractivity contribution in [3.05, 3.63) is 48.0 Å². The molecule has 104 valence electrons. The van der Waals surface area contributed by atoms with Crippen LogP contribution in [0.3, 0.4) is 0 Å². The third-order valence-corrected chi connectivity index (χ3v) is 3.09. The number of nitrogens with zero attached hydrogens (tertiary/aromatic N) is 1. The van der Waals surface area contributed by atoms with Crippen molar-refractivity contribution in [3.63, 3.8) is 0 Å². The van der Waals surface area contributed by atoms with Crippen molar-refractivity contribution in [3.8, 4) is 6.07 Å². The molecule has 0 bridgehead atoms. The summed E-state index contributed by atoms with van der Waals surface area (Å²) >= 11 is 0. The van der Waals surface area contributed by atoms with Crippen LogP contribution in [0.15, 0.2) is 42.5 Å². The minimum atomic E-state index is -4.49. The molecule has 0 aromatic heterocycles. The number of nitrogens with one attached hydrogen (secondary N) is 1. The van der Waals surface area contributed by atoms with Gasteiger partial charge in [0.2, 0.25) is 0 Å². The second-order valence-electron chi connectivity index (χ2n) is 4.49. The SMILES string of the molecule is N#CC(CNCc1cccc2ccccc12)C(F)(F)F. The summed E-state index contributed by atoms with van der Waals surface area (Å²) in [5, 5.41) is 13.3. The summed E-state index contributed by atoms with van der Waals surface area (Å²) in [6.07, 6.45) is -4.49. The first-order chi connectivity index (χ1) is 9.52. The Balaban J connectivity index is 2.05. The lowest BCUT2D eigenvalue weighted by atomic mass is 10.0. The summed E-state index contributed by atoms with van der Waals surface area (Å²) in [5.74, 6) is -1.97. The standard InChI is InChI=1S/C15H13F3N2/c16-15(17,18)13(8-19)10-20-9-12-6-3-5-11-4-1-2-7-14(11)12/h1-7,13,20H,9-10H2. The van der Waals surface area contributed by atoms with Crippen LogP contribution in [0.5, 0.6) is 0 Å². The number of alkyl halides is 3. The maximum absolute atomic E-state index is 12.4. The fraction of sp³-hybridized carbons (Fsp3) is 0.267. The molecule has 0 saturated carbocycles. The number of hydrogen-bond donors (Lipinski definition) is 1. The van der Waals surface area contributed by atoms with Crippen LogP contribution in [0.4, 0.5) is 13.2 Å². The molecule has 2 aromatic rings. The van der Waals surface area contributed by atoms with Gasteiger partial charge in [-0.1, -0.05) is 42.5 Å². The number of nitriles is 1. The van der Waals surface area contributed by atoms with Gasteiger partial charge in [-0.3, -0.25) is 0 Å². The second kappa shape index (κ2) is 5.93. The topological polar surface area (TPSA) is 35.8 Å². The molecule has 2 rings (SSSR count). The number of halogens is 3. The van der Waals surface area contributed by atoms with Gasteiger partial charge in [0.05, 0.1) is 6.07 Å². The molecule has 0 fully saturated rings. The lowest BCUT2D eigenvalue weighted by Crippen LogP contribution is -2.32. The normalized spacial score (nSPS) is 13.1. The van der Waals surface area contributed by atoms with E-state index in [1.165, 1.54) is 6.07 Å². The van der Waals surface area contributed by atoms with E-state index in [-0.39, 0.29) is 0 Å². The van der Waals surface area contributed by atoms with Crippen LogP contribution >= 0.6 is 0 Å². The molecule has 0 aliphatic rings. The van der Waals surface area contributed by atoms with Gasteiger partial charge < -0.3 is 5.32 Å². The Morgan fingerprint density at radius 2 is 1.80 bits per heavy atom. The Morgan fingerprint density at radius 3 is 2.50 bits per heavy atom. The van der Waals surface area contributed by atoms with E-state index < -0.39 is 18.6 Å². The summed E-state index contributed by atoms with van der Waals surface area (Å²) in [4.78, 5) is 0. The molecule has 0 aliphatic heterocycles. The van der Waals surface area contributed by atoms with Crippen molar-refractivity contribution in [1.82, 2.24) is 5.32 Å². The molecule has 0 radical (unpaired) electrons. The smallest absolute Gasteiger partial charge is 0.311 e. The molecule has 5 heteroatoms. The van der Waals surface area contributed by atoms with E-state index in [9.17, 15) is 13.2 Å². The van der Waals surface area contributed by atoms with Crippen molar-refractivity contribution in [1.29, 1.82) is 5.26 Å². The van der Waals surface area contributed by atoms with Gasteiger partial charge in [-0.25, -0.2) is 0 Å². The van der Waals surface area contributed by atoms with Gasteiger partial charge in [0.1, 0.15) is 0 Å². The van der Waals surface area contributed by atoms with E-state index in [1.54, 1.807) is 0 Å². The molecule has 2 nitrogen and oxygen atoms in total. The fourth-order valence-electron chi connectivity index (χ4n) is 2.03. The monoisotopic (exact) mass is 278 g/mol. The lowest BCUT2D eigenvalue weighted by molar-refractivity contribution is -0.157. The maximum Gasteiger partial charge on any atom is 0.405 e. The highest BCUT2D eigenvalue weighted by molar-refractivity contribution is 5.85. The summed E-state index contributed by atoms with van der Waals surface area (Å²) in [7, 11) is 0. The number of hydrogen-bond acceptors (Lipinski definition) is 2. The summed E-state index contributed by atoms with van der Waals surface area (Å²) < 4.78 is 37.3. The van der Waals surface area contributed by atoms with Crippen molar-refractivity contribution in [2.75, 3.05) is 6.54 Å².